The Hall–Kier alpha value is -2.53. The third kappa shape index (κ3) is 2.36. The van der Waals surface area contributed by atoms with E-state index < -0.39 is 11.4 Å². The number of piperidine rings is 1. The molecule has 1 aromatic rings. The molecule has 0 aliphatic carbocycles. The van der Waals surface area contributed by atoms with E-state index in [1.165, 1.54) is 0 Å². The number of carbonyl (C=O) groups is 1. The van der Waals surface area contributed by atoms with E-state index in [4.69, 9.17) is 15.6 Å². The summed E-state index contributed by atoms with van der Waals surface area (Å²) in [5.41, 5.74) is 0.303. The van der Waals surface area contributed by atoms with Gasteiger partial charge in [-0.05, 0) is 37.1 Å². The van der Waals surface area contributed by atoms with Gasteiger partial charge in [0.2, 0.25) is 0 Å². The molecular formula is C14H13N3O2. The molecule has 1 heterocycles. The Balaban J connectivity index is 2.10. The van der Waals surface area contributed by atoms with Crippen LogP contribution in [0.3, 0.4) is 0 Å². The Labute approximate surface area is 111 Å². The maximum atomic E-state index is 11.2. The Morgan fingerprint density at radius 3 is 2.21 bits per heavy atom. The summed E-state index contributed by atoms with van der Waals surface area (Å²) in [6.45, 7) is 1.07. The topological polar surface area (TPSA) is 88.1 Å². The number of nitrogens with zero attached hydrogens (tertiary/aromatic N) is 3. The maximum absolute atomic E-state index is 11.2. The first-order valence-electron chi connectivity index (χ1n) is 6.01. The van der Waals surface area contributed by atoms with E-state index in [1.807, 2.05) is 23.1 Å². The van der Waals surface area contributed by atoms with Crippen LogP contribution in [0.2, 0.25) is 0 Å². The lowest BCUT2D eigenvalue weighted by Gasteiger charge is -2.35. The fourth-order valence-corrected chi connectivity index (χ4v) is 2.27. The van der Waals surface area contributed by atoms with Crippen molar-refractivity contribution in [3.05, 3.63) is 29.8 Å². The van der Waals surface area contributed by atoms with E-state index >= 15 is 0 Å². The van der Waals surface area contributed by atoms with Crippen LogP contribution in [-0.4, -0.2) is 24.2 Å². The average Bonchev–Trinajstić information content (AvgIpc) is 2.47. The number of carboxylic acids is 1. The van der Waals surface area contributed by atoms with E-state index in [-0.39, 0.29) is 0 Å². The van der Waals surface area contributed by atoms with Crippen LogP contribution in [0, 0.1) is 28.1 Å². The Bertz CT molecular complexity index is 558. The lowest BCUT2D eigenvalue weighted by molar-refractivity contribution is -0.146. The first-order valence-corrected chi connectivity index (χ1v) is 6.01. The number of aliphatic carboxylic acids is 1. The normalized spacial score (nSPS) is 17.3. The highest BCUT2D eigenvalue weighted by Crippen LogP contribution is 2.33. The molecule has 1 N–H and O–H groups in total. The van der Waals surface area contributed by atoms with Crippen molar-refractivity contribution in [1.82, 2.24) is 0 Å². The molecule has 19 heavy (non-hydrogen) atoms. The van der Waals surface area contributed by atoms with Gasteiger partial charge >= 0.3 is 5.97 Å². The second-order valence-electron chi connectivity index (χ2n) is 4.64. The summed E-state index contributed by atoms with van der Waals surface area (Å²) in [7, 11) is 0. The Morgan fingerprint density at radius 1 is 1.21 bits per heavy atom. The molecule has 0 bridgehead atoms. The Kier molecular flexibility index (Phi) is 3.39. The fourth-order valence-electron chi connectivity index (χ4n) is 2.27. The van der Waals surface area contributed by atoms with Crippen molar-refractivity contribution in [2.45, 2.75) is 12.8 Å². The minimum atomic E-state index is -1.25. The number of nitriles is 2. The van der Waals surface area contributed by atoms with Crippen LogP contribution in [0.4, 0.5) is 5.69 Å². The van der Waals surface area contributed by atoms with E-state index in [1.54, 1.807) is 12.1 Å². The van der Waals surface area contributed by atoms with Crippen LogP contribution in [0.1, 0.15) is 18.4 Å². The molecule has 5 heteroatoms. The van der Waals surface area contributed by atoms with Gasteiger partial charge in [0.25, 0.3) is 0 Å². The molecule has 5 nitrogen and oxygen atoms in total. The van der Waals surface area contributed by atoms with Gasteiger partial charge in [0.15, 0.2) is 5.41 Å². The van der Waals surface area contributed by atoms with Gasteiger partial charge in [-0.3, -0.25) is 4.79 Å². The van der Waals surface area contributed by atoms with Crippen molar-refractivity contribution in [3.8, 4) is 12.1 Å². The highest BCUT2D eigenvalue weighted by atomic mass is 16.4. The third-order valence-electron chi connectivity index (χ3n) is 3.60. The highest BCUT2D eigenvalue weighted by Gasteiger charge is 2.41. The molecule has 1 saturated heterocycles. The molecule has 0 unspecified atom stereocenters. The molecule has 0 amide bonds. The molecule has 0 spiro atoms. The van der Waals surface area contributed by atoms with Crippen molar-refractivity contribution >= 4 is 11.7 Å². The largest absolute Gasteiger partial charge is 0.480 e. The molecule has 1 aliphatic heterocycles. The molecule has 1 aromatic carbocycles. The van der Waals surface area contributed by atoms with E-state index in [0.29, 0.717) is 31.5 Å². The zero-order valence-corrected chi connectivity index (χ0v) is 10.3. The average molecular weight is 255 g/mol. The second-order valence-corrected chi connectivity index (χ2v) is 4.64. The molecule has 0 radical (unpaired) electrons. The van der Waals surface area contributed by atoms with Gasteiger partial charge in [-0.25, -0.2) is 0 Å². The number of hydrogen-bond acceptors (Lipinski definition) is 4. The minimum Gasteiger partial charge on any atom is -0.480 e. The summed E-state index contributed by atoms with van der Waals surface area (Å²) in [4.78, 5) is 13.2. The van der Waals surface area contributed by atoms with Crippen LogP contribution in [0.5, 0.6) is 0 Å². The number of carboxylic acid groups (broad SMARTS) is 1. The lowest BCUT2D eigenvalue weighted by Crippen LogP contribution is -2.43. The van der Waals surface area contributed by atoms with Gasteiger partial charge in [0.1, 0.15) is 0 Å². The quantitative estimate of drug-likeness (QED) is 0.869. The summed E-state index contributed by atoms with van der Waals surface area (Å²) in [5.74, 6) is -1.03. The van der Waals surface area contributed by atoms with Crippen molar-refractivity contribution < 1.29 is 9.90 Å². The maximum Gasteiger partial charge on any atom is 0.324 e. The first-order chi connectivity index (χ1) is 9.11. The predicted molar refractivity (Wildman–Crippen MR) is 68.3 cm³/mol. The molecule has 1 fully saturated rings. The van der Waals surface area contributed by atoms with Crippen LogP contribution in [0.25, 0.3) is 0 Å². The van der Waals surface area contributed by atoms with Gasteiger partial charge in [-0.1, -0.05) is 0 Å². The third-order valence-corrected chi connectivity index (χ3v) is 3.60. The Morgan fingerprint density at radius 2 is 1.79 bits per heavy atom. The molecule has 0 atom stereocenters. The van der Waals surface area contributed by atoms with Crippen molar-refractivity contribution in [3.63, 3.8) is 0 Å². The summed E-state index contributed by atoms with van der Waals surface area (Å²) < 4.78 is 0. The van der Waals surface area contributed by atoms with Gasteiger partial charge < -0.3 is 10.0 Å². The van der Waals surface area contributed by atoms with Crippen molar-refractivity contribution in [1.29, 1.82) is 10.5 Å². The van der Waals surface area contributed by atoms with Crippen LogP contribution < -0.4 is 4.90 Å². The van der Waals surface area contributed by atoms with E-state index in [2.05, 4.69) is 6.07 Å². The number of anilines is 1. The molecule has 2 rings (SSSR count). The molecule has 0 saturated carbocycles. The number of hydrogen-bond donors (Lipinski definition) is 1. The molecule has 96 valence electrons. The van der Waals surface area contributed by atoms with Gasteiger partial charge in [-0.15, -0.1) is 0 Å². The smallest absolute Gasteiger partial charge is 0.324 e. The zero-order chi connectivity index (χ0) is 13.9. The van der Waals surface area contributed by atoms with E-state index in [9.17, 15) is 4.79 Å². The minimum absolute atomic E-state index is 0.318. The van der Waals surface area contributed by atoms with Crippen LogP contribution in [0.15, 0.2) is 24.3 Å². The van der Waals surface area contributed by atoms with Crippen LogP contribution in [-0.2, 0) is 4.79 Å². The van der Waals surface area contributed by atoms with Crippen LogP contribution >= 0.6 is 0 Å². The number of benzene rings is 1. The van der Waals surface area contributed by atoms with Gasteiger partial charge in [-0.2, -0.15) is 10.5 Å². The second kappa shape index (κ2) is 4.99. The standard InChI is InChI=1S/C14H13N3O2/c15-9-11-1-3-12(4-2-11)17-7-5-14(10-16,6-8-17)13(18)19/h1-4H,5-8H2,(H,18,19). The van der Waals surface area contributed by atoms with Gasteiger partial charge in [0, 0.05) is 18.8 Å². The summed E-state index contributed by atoms with van der Waals surface area (Å²) in [6, 6.07) is 11.2. The fraction of sp³-hybridized carbons (Fsp3) is 0.357. The summed E-state index contributed by atoms with van der Waals surface area (Å²) in [6.07, 6.45) is 0.637. The van der Waals surface area contributed by atoms with Gasteiger partial charge in [0.05, 0.1) is 17.7 Å². The molecule has 1 aliphatic rings. The first kappa shape index (κ1) is 12.9. The van der Waals surface area contributed by atoms with Crippen molar-refractivity contribution in [2.24, 2.45) is 5.41 Å². The summed E-state index contributed by atoms with van der Waals surface area (Å²) in [5, 5.41) is 26.9. The zero-order valence-electron chi connectivity index (χ0n) is 10.3. The summed E-state index contributed by atoms with van der Waals surface area (Å²) >= 11 is 0. The SMILES string of the molecule is N#Cc1ccc(N2CCC(C#N)(C(=O)O)CC2)cc1. The highest BCUT2D eigenvalue weighted by molar-refractivity contribution is 5.78. The monoisotopic (exact) mass is 255 g/mol. The van der Waals surface area contributed by atoms with Crippen molar-refractivity contribution in [2.75, 3.05) is 18.0 Å². The number of rotatable bonds is 2. The van der Waals surface area contributed by atoms with E-state index in [0.717, 1.165) is 5.69 Å². The lowest BCUT2D eigenvalue weighted by atomic mass is 9.80. The molecular weight excluding hydrogens is 242 g/mol. The molecule has 0 aromatic heterocycles. The predicted octanol–water partition coefficient (Wildman–Crippen LogP) is 1.75.